The topological polar surface area (TPSA) is 49.4 Å². The average Bonchev–Trinajstić information content (AvgIpc) is 2.93. The van der Waals surface area contributed by atoms with Gasteiger partial charge in [-0.15, -0.1) is 0 Å². The van der Waals surface area contributed by atoms with Gasteiger partial charge in [-0.25, -0.2) is 4.39 Å². The van der Waals surface area contributed by atoms with E-state index in [0.29, 0.717) is 16.2 Å². The van der Waals surface area contributed by atoms with Crippen molar-refractivity contribution in [2.24, 2.45) is 0 Å². The molecule has 6 heteroatoms. The van der Waals surface area contributed by atoms with E-state index in [2.05, 4.69) is 5.32 Å². The van der Waals surface area contributed by atoms with E-state index in [1.165, 1.54) is 23.9 Å². The highest BCUT2D eigenvalue weighted by atomic mass is 32.2. The van der Waals surface area contributed by atoms with E-state index in [-0.39, 0.29) is 30.2 Å². The number of nitrogens with zero attached hydrogens (tertiary/aromatic N) is 1. The zero-order chi connectivity index (χ0) is 25.8. The van der Waals surface area contributed by atoms with E-state index in [9.17, 15) is 14.0 Å². The predicted molar refractivity (Wildman–Crippen MR) is 147 cm³/mol. The van der Waals surface area contributed by atoms with Crippen LogP contribution in [-0.4, -0.2) is 11.8 Å². The van der Waals surface area contributed by atoms with Gasteiger partial charge in [-0.3, -0.25) is 9.59 Å². The lowest BCUT2D eigenvalue weighted by molar-refractivity contribution is -0.114. The van der Waals surface area contributed by atoms with Crippen LogP contribution in [-0.2, 0) is 11.3 Å². The first-order valence-corrected chi connectivity index (χ1v) is 12.8. The van der Waals surface area contributed by atoms with Crippen molar-refractivity contribution < 1.29 is 14.0 Å². The van der Waals surface area contributed by atoms with Gasteiger partial charge < -0.3 is 10.2 Å². The van der Waals surface area contributed by atoms with Gasteiger partial charge in [-0.2, -0.15) is 0 Å². The smallest absolute Gasteiger partial charge is 0.265 e. The second kappa shape index (κ2) is 10.8. The number of nitrogens with one attached hydrogen (secondary N) is 1. The van der Waals surface area contributed by atoms with E-state index < -0.39 is 0 Å². The van der Waals surface area contributed by atoms with Gasteiger partial charge in [-0.05, 0) is 60.0 Å². The highest BCUT2D eigenvalue weighted by molar-refractivity contribution is 8.04. The largest absolute Gasteiger partial charge is 0.346 e. The lowest BCUT2D eigenvalue weighted by atomic mass is 10.1. The Kier molecular flexibility index (Phi) is 7.19. The molecule has 1 aliphatic heterocycles. The molecule has 0 aromatic heterocycles. The van der Waals surface area contributed by atoms with Gasteiger partial charge in [-0.1, -0.05) is 84.6 Å². The molecule has 0 radical (unpaired) electrons. The summed E-state index contributed by atoms with van der Waals surface area (Å²) in [4.78, 5) is 29.9. The molecule has 4 aromatic rings. The highest BCUT2D eigenvalue weighted by Crippen LogP contribution is 2.43. The Labute approximate surface area is 219 Å². The molecule has 0 unspecified atom stereocenters. The maximum atomic E-state index is 13.7. The second-order valence-corrected chi connectivity index (χ2v) is 9.91. The number of rotatable bonds is 6. The average molecular weight is 509 g/mol. The third-order valence-electron chi connectivity index (χ3n) is 6.19. The SMILES string of the molecule is C[C@@H](NC(=O)c1ccc2c(c1)N(Cc1ccc(F)cc1)C(=O)/C(=C/c1ccccc1)S2)c1ccccc1. The van der Waals surface area contributed by atoms with Crippen molar-refractivity contribution in [1.29, 1.82) is 0 Å². The summed E-state index contributed by atoms with van der Waals surface area (Å²) in [6.45, 7) is 2.19. The van der Waals surface area contributed by atoms with Crippen molar-refractivity contribution in [2.45, 2.75) is 24.4 Å². The highest BCUT2D eigenvalue weighted by Gasteiger charge is 2.30. The fraction of sp³-hybridized carbons (Fsp3) is 0.0968. The summed E-state index contributed by atoms with van der Waals surface area (Å²) in [5, 5.41) is 3.04. The molecule has 1 N–H and O–H groups in total. The van der Waals surface area contributed by atoms with E-state index in [0.717, 1.165) is 21.6 Å². The maximum Gasteiger partial charge on any atom is 0.265 e. The minimum absolute atomic E-state index is 0.166. The molecule has 1 atom stereocenters. The van der Waals surface area contributed by atoms with Crippen LogP contribution in [0.2, 0.25) is 0 Å². The zero-order valence-electron chi connectivity index (χ0n) is 20.2. The molecule has 5 rings (SSSR count). The number of hydrogen-bond acceptors (Lipinski definition) is 3. The Hall–Kier alpha value is -4.16. The van der Waals surface area contributed by atoms with Gasteiger partial charge >= 0.3 is 0 Å². The Morgan fingerprint density at radius 2 is 1.62 bits per heavy atom. The third-order valence-corrected chi connectivity index (χ3v) is 7.26. The van der Waals surface area contributed by atoms with Gasteiger partial charge in [0.15, 0.2) is 0 Å². The number of anilines is 1. The normalized spacial score (nSPS) is 14.8. The summed E-state index contributed by atoms with van der Waals surface area (Å²) >= 11 is 1.39. The molecule has 4 aromatic carbocycles. The van der Waals surface area contributed by atoms with Crippen LogP contribution in [0.5, 0.6) is 0 Å². The molecule has 0 fully saturated rings. The van der Waals surface area contributed by atoms with Gasteiger partial charge in [0.1, 0.15) is 5.82 Å². The van der Waals surface area contributed by atoms with Crippen molar-refractivity contribution >= 4 is 35.3 Å². The van der Waals surface area contributed by atoms with Crippen molar-refractivity contribution in [2.75, 3.05) is 4.90 Å². The first-order valence-electron chi connectivity index (χ1n) is 12.0. The number of carbonyl (C=O) groups is 2. The van der Waals surface area contributed by atoms with E-state index >= 15 is 0 Å². The molecule has 0 spiro atoms. The fourth-order valence-corrected chi connectivity index (χ4v) is 5.23. The summed E-state index contributed by atoms with van der Waals surface area (Å²) in [6, 6.07) is 30.8. The monoisotopic (exact) mass is 508 g/mol. The standard InChI is InChI=1S/C31H25FN2O2S/c1-21(24-10-6-3-7-11-24)33-30(35)25-14-17-28-27(19-25)34(20-23-12-15-26(32)16-13-23)31(36)29(37-28)18-22-8-4-2-5-9-22/h2-19,21H,20H2,1H3,(H,33,35)/b29-18-/t21-/m1/s1. The number of benzene rings is 4. The second-order valence-electron chi connectivity index (χ2n) is 8.83. The van der Waals surface area contributed by atoms with Crippen molar-refractivity contribution in [3.8, 4) is 0 Å². The number of hydrogen-bond donors (Lipinski definition) is 1. The summed E-state index contributed by atoms with van der Waals surface area (Å²) in [6.07, 6.45) is 1.87. The van der Waals surface area contributed by atoms with Crippen LogP contribution in [0, 0.1) is 5.82 Å². The molecule has 2 amide bonds. The Morgan fingerprint density at radius 3 is 2.32 bits per heavy atom. The quantitative estimate of drug-likeness (QED) is 0.285. The van der Waals surface area contributed by atoms with E-state index in [1.54, 1.807) is 29.2 Å². The first kappa shape index (κ1) is 24.5. The Bertz CT molecular complexity index is 1450. The Balaban J connectivity index is 1.48. The van der Waals surface area contributed by atoms with Gasteiger partial charge in [0.2, 0.25) is 0 Å². The number of fused-ring (bicyclic) bond motifs is 1. The van der Waals surface area contributed by atoms with Crippen molar-refractivity contribution in [3.63, 3.8) is 0 Å². The third kappa shape index (κ3) is 5.65. The molecule has 0 aliphatic carbocycles. The summed E-state index contributed by atoms with van der Waals surface area (Å²) < 4.78 is 13.5. The zero-order valence-corrected chi connectivity index (χ0v) is 21.0. The maximum absolute atomic E-state index is 13.7. The minimum Gasteiger partial charge on any atom is -0.346 e. The predicted octanol–water partition coefficient (Wildman–Crippen LogP) is 7.00. The first-order chi connectivity index (χ1) is 18.0. The lowest BCUT2D eigenvalue weighted by Gasteiger charge is -2.31. The molecule has 0 saturated carbocycles. The number of amides is 2. The lowest BCUT2D eigenvalue weighted by Crippen LogP contribution is -2.34. The summed E-state index contributed by atoms with van der Waals surface area (Å²) in [7, 11) is 0. The Morgan fingerprint density at radius 1 is 0.946 bits per heavy atom. The van der Waals surface area contributed by atoms with Gasteiger partial charge in [0, 0.05) is 10.5 Å². The summed E-state index contributed by atoms with van der Waals surface area (Å²) in [5.74, 6) is -0.717. The minimum atomic E-state index is -0.333. The van der Waals surface area contributed by atoms with Crippen LogP contribution in [0.1, 0.15) is 40.0 Å². The van der Waals surface area contributed by atoms with Crippen molar-refractivity contribution in [3.05, 3.63) is 136 Å². The van der Waals surface area contributed by atoms with Gasteiger partial charge in [0.25, 0.3) is 11.8 Å². The molecule has 0 saturated heterocycles. The molecule has 1 aliphatic rings. The van der Waals surface area contributed by atoms with Gasteiger partial charge in [0.05, 0.1) is 23.2 Å². The molecule has 184 valence electrons. The molecule has 0 bridgehead atoms. The number of thioether (sulfide) groups is 1. The van der Waals surface area contributed by atoms with Crippen LogP contribution in [0.25, 0.3) is 6.08 Å². The van der Waals surface area contributed by atoms with Crippen LogP contribution in [0.3, 0.4) is 0 Å². The molecule has 1 heterocycles. The number of halogens is 1. The molecule has 4 nitrogen and oxygen atoms in total. The molecular weight excluding hydrogens is 483 g/mol. The molecule has 37 heavy (non-hydrogen) atoms. The van der Waals surface area contributed by atoms with E-state index in [4.69, 9.17) is 0 Å². The van der Waals surface area contributed by atoms with Crippen LogP contribution in [0.4, 0.5) is 10.1 Å². The van der Waals surface area contributed by atoms with Crippen LogP contribution >= 0.6 is 11.8 Å². The summed E-state index contributed by atoms with van der Waals surface area (Å²) in [5.41, 5.74) is 3.85. The number of carbonyl (C=O) groups excluding carboxylic acids is 2. The van der Waals surface area contributed by atoms with Crippen LogP contribution < -0.4 is 10.2 Å². The van der Waals surface area contributed by atoms with Crippen LogP contribution in [0.15, 0.2) is 113 Å². The van der Waals surface area contributed by atoms with Crippen molar-refractivity contribution in [1.82, 2.24) is 5.32 Å². The molecular formula is C31H25FN2O2S. The fourth-order valence-electron chi connectivity index (χ4n) is 4.19. The van der Waals surface area contributed by atoms with E-state index in [1.807, 2.05) is 79.7 Å².